The molecule has 3 nitrogen and oxygen atoms in total. The number of thioether (sulfide) groups is 1. The summed E-state index contributed by atoms with van der Waals surface area (Å²) in [5.41, 5.74) is 1.93. The summed E-state index contributed by atoms with van der Waals surface area (Å²) in [4.78, 5) is 12.0. The minimum Gasteiger partial charge on any atom is -0.496 e. The SMILES string of the molecule is COc1ccc(C(=O)NCCSCc2ccccc2)cc1Br. The Morgan fingerprint density at radius 3 is 2.68 bits per heavy atom. The maximum absolute atomic E-state index is 12.0. The van der Waals surface area contributed by atoms with Crippen LogP contribution < -0.4 is 10.1 Å². The van der Waals surface area contributed by atoms with Crippen molar-refractivity contribution < 1.29 is 9.53 Å². The van der Waals surface area contributed by atoms with E-state index in [4.69, 9.17) is 4.74 Å². The lowest BCUT2D eigenvalue weighted by atomic mass is 10.2. The van der Waals surface area contributed by atoms with Crippen LogP contribution in [0.3, 0.4) is 0 Å². The van der Waals surface area contributed by atoms with Gasteiger partial charge in [-0.1, -0.05) is 30.3 Å². The van der Waals surface area contributed by atoms with Crippen LogP contribution in [-0.4, -0.2) is 25.3 Å². The van der Waals surface area contributed by atoms with Crippen LogP contribution in [0.4, 0.5) is 0 Å². The van der Waals surface area contributed by atoms with Gasteiger partial charge in [0.25, 0.3) is 5.91 Å². The molecule has 1 amide bonds. The highest BCUT2D eigenvalue weighted by atomic mass is 79.9. The monoisotopic (exact) mass is 379 g/mol. The van der Waals surface area contributed by atoms with Gasteiger partial charge in [-0.25, -0.2) is 0 Å². The van der Waals surface area contributed by atoms with Gasteiger partial charge >= 0.3 is 0 Å². The molecule has 0 aliphatic carbocycles. The number of carbonyl (C=O) groups excluding carboxylic acids is 1. The zero-order valence-electron chi connectivity index (χ0n) is 12.3. The Bertz CT molecular complexity index is 619. The number of rotatable bonds is 7. The van der Waals surface area contributed by atoms with Crippen molar-refractivity contribution in [2.45, 2.75) is 5.75 Å². The summed E-state index contributed by atoms with van der Waals surface area (Å²) < 4.78 is 5.93. The number of ether oxygens (including phenoxy) is 1. The molecule has 1 N–H and O–H groups in total. The molecule has 0 atom stereocenters. The first kappa shape index (κ1) is 16.9. The highest BCUT2D eigenvalue weighted by Gasteiger charge is 2.08. The second-order valence-corrected chi connectivity index (χ2v) is 6.60. The van der Waals surface area contributed by atoms with Gasteiger partial charge in [0.2, 0.25) is 0 Å². The second kappa shape index (κ2) is 8.86. The molecule has 0 aliphatic rings. The van der Waals surface area contributed by atoms with Gasteiger partial charge in [0.1, 0.15) is 5.75 Å². The summed E-state index contributed by atoms with van der Waals surface area (Å²) >= 11 is 5.19. The third kappa shape index (κ3) is 5.07. The molecule has 0 unspecified atom stereocenters. The highest BCUT2D eigenvalue weighted by Crippen LogP contribution is 2.25. The molecule has 0 aromatic heterocycles. The fourth-order valence-electron chi connectivity index (χ4n) is 1.91. The van der Waals surface area contributed by atoms with Crippen molar-refractivity contribution in [1.29, 1.82) is 0 Å². The molecule has 0 fully saturated rings. The number of carbonyl (C=O) groups is 1. The molecule has 0 heterocycles. The van der Waals surface area contributed by atoms with Crippen molar-refractivity contribution in [3.05, 3.63) is 64.1 Å². The van der Waals surface area contributed by atoms with Crippen LogP contribution in [0.15, 0.2) is 53.0 Å². The lowest BCUT2D eigenvalue weighted by molar-refractivity contribution is 0.0956. The maximum atomic E-state index is 12.0. The molecule has 2 rings (SSSR count). The van der Waals surface area contributed by atoms with Gasteiger partial charge in [0, 0.05) is 23.6 Å². The topological polar surface area (TPSA) is 38.3 Å². The van der Waals surface area contributed by atoms with E-state index in [2.05, 4.69) is 33.4 Å². The van der Waals surface area contributed by atoms with Crippen LogP contribution in [0.25, 0.3) is 0 Å². The Morgan fingerprint density at radius 2 is 2.00 bits per heavy atom. The summed E-state index contributed by atoms with van der Waals surface area (Å²) in [6.45, 7) is 0.653. The van der Waals surface area contributed by atoms with Crippen LogP contribution >= 0.6 is 27.7 Å². The number of methoxy groups -OCH3 is 1. The third-order valence-electron chi connectivity index (χ3n) is 3.06. The Hall–Kier alpha value is -1.46. The molecule has 2 aromatic rings. The smallest absolute Gasteiger partial charge is 0.251 e. The standard InChI is InChI=1S/C17H18BrNO2S/c1-21-16-8-7-14(11-15(16)18)17(20)19-9-10-22-12-13-5-3-2-4-6-13/h2-8,11H,9-10,12H2,1H3,(H,19,20). The van der Waals surface area contributed by atoms with E-state index >= 15 is 0 Å². The van der Waals surface area contributed by atoms with Crippen molar-refractivity contribution >= 4 is 33.6 Å². The van der Waals surface area contributed by atoms with Gasteiger partial charge in [-0.2, -0.15) is 11.8 Å². The predicted molar refractivity (Wildman–Crippen MR) is 95.6 cm³/mol. The average Bonchev–Trinajstić information content (AvgIpc) is 2.55. The van der Waals surface area contributed by atoms with Gasteiger partial charge in [0.15, 0.2) is 0 Å². The van der Waals surface area contributed by atoms with Crippen LogP contribution in [0.5, 0.6) is 5.75 Å². The van der Waals surface area contributed by atoms with Gasteiger partial charge < -0.3 is 10.1 Å². The summed E-state index contributed by atoms with van der Waals surface area (Å²) in [5.74, 6) is 2.50. The molecule has 0 aliphatic heterocycles. The van der Waals surface area contributed by atoms with E-state index in [0.717, 1.165) is 21.7 Å². The Balaban J connectivity index is 1.72. The Morgan fingerprint density at radius 1 is 1.23 bits per heavy atom. The molecule has 0 bridgehead atoms. The van der Waals surface area contributed by atoms with Gasteiger partial charge in [-0.15, -0.1) is 0 Å². The first-order valence-corrected chi connectivity index (χ1v) is 8.89. The average molecular weight is 380 g/mol. The van der Waals surface area contributed by atoms with E-state index in [-0.39, 0.29) is 5.91 Å². The minimum absolute atomic E-state index is 0.0661. The molecule has 0 saturated carbocycles. The minimum atomic E-state index is -0.0661. The molecule has 0 saturated heterocycles. The molecule has 116 valence electrons. The van der Waals surface area contributed by atoms with Crippen LogP contribution in [0, 0.1) is 0 Å². The molecule has 2 aromatic carbocycles. The van der Waals surface area contributed by atoms with Crippen molar-refractivity contribution in [2.24, 2.45) is 0 Å². The van der Waals surface area contributed by atoms with E-state index in [0.29, 0.717) is 12.1 Å². The van der Waals surface area contributed by atoms with Crippen molar-refractivity contribution in [3.63, 3.8) is 0 Å². The first-order chi connectivity index (χ1) is 10.7. The molecular formula is C17H18BrNO2S. The van der Waals surface area contributed by atoms with Crippen LogP contribution in [0.1, 0.15) is 15.9 Å². The van der Waals surface area contributed by atoms with E-state index < -0.39 is 0 Å². The fraction of sp³-hybridized carbons (Fsp3) is 0.235. The normalized spacial score (nSPS) is 10.3. The summed E-state index contributed by atoms with van der Waals surface area (Å²) in [6.07, 6.45) is 0. The number of amides is 1. The van der Waals surface area contributed by atoms with Gasteiger partial charge in [-0.05, 0) is 39.7 Å². The molecule has 0 spiro atoms. The molecule has 5 heteroatoms. The summed E-state index contributed by atoms with van der Waals surface area (Å²) in [5, 5.41) is 2.93. The number of benzene rings is 2. The number of hydrogen-bond donors (Lipinski definition) is 1. The van der Waals surface area contributed by atoms with Crippen molar-refractivity contribution in [3.8, 4) is 5.75 Å². The van der Waals surface area contributed by atoms with E-state index in [1.165, 1.54) is 5.56 Å². The summed E-state index contributed by atoms with van der Waals surface area (Å²) in [7, 11) is 1.60. The Labute approximate surface area is 143 Å². The van der Waals surface area contributed by atoms with Crippen LogP contribution in [0.2, 0.25) is 0 Å². The van der Waals surface area contributed by atoms with Gasteiger partial charge in [0.05, 0.1) is 11.6 Å². The number of halogens is 1. The lowest BCUT2D eigenvalue weighted by Gasteiger charge is -2.08. The summed E-state index contributed by atoms with van der Waals surface area (Å²) in [6, 6.07) is 15.6. The van der Waals surface area contributed by atoms with E-state index in [1.54, 1.807) is 25.3 Å². The number of hydrogen-bond acceptors (Lipinski definition) is 3. The van der Waals surface area contributed by atoms with E-state index in [9.17, 15) is 4.79 Å². The fourth-order valence-corrected chi connectivity index (χ4v) is 3.27. The molecular weight excluding hydrogens is 362 g/mol. The zero-order chi connectivity index (χ0) is 15.8. The molecule has 22 heavy (non-hydrogen) atoms. The van der Waals surface area contributed by atoms with Gasteiger partial charge in [-0.3, -0.25) is 4.79 Å². The quantitative estimate of drug-likeness (QED) is 0.735. The zero-order valence-corrected chi connectivity index (χ0v) is 14.7. The first-order valence-electron chi connectivity index (χ1n) is 6.94. The van der Waals surface area contributed by atoms with E-state index in [1.807, 2.05) is 30.0 Å². The maximum Gasteiger partial charge on any atom is 0.251 e. The number of nitrogens with one attached hydrogen (secondary N) is 1. The van der Waals surface area contributed by atoms with Crippen molar-refractivity contribution in [1.82, 2.24) is 5.32 Å². The largest absolute Gasteiger partial charge is 0.496 e. The lowest BCUT2D eigenvalue weighted by Crippen LogP contribution is -2.25. The second-order valence-electron chi connectivity index (χ2n) is 4.64. The molecule has 0 radical (unpaired) electrons. The van der Waals surface area contributed by atoms with Crippen molar-refractivity contribution in [2.75, 3.05) is 19.4 Å². The predicted octanol–water partition coefficient (Wildman–Crippen LogP) is 4.12. The highest BCUT2D eigenvalue weighted by molar-refractivity contribution is 9.10. The third-order valence-corrected chi connectivity index (χ3v) is 4.71. The van der Waals surface area contributed by atoms with Crippen LogP contribution in [-0.2, 0) is 5.75 Å². The Kier molecular flexibility index (Phi) is 6.80.